The molecular weight excluding hydrogens is 250 g/mol. The van der Waals surface area contributed by atoms with Crippen molar-refractivity contribution in [2.45, 2.75) is 6.10 Å². The summed E-state index contributed by atoms with van der Waals surface area (Å²) in [4.78, 5) is 2.12. The minimum Gasteiger partial charge on any atom is -0.493 e. The smallest absolute Gasteiger partial charge is 0.162 e. The molecule has 2 rings (SSSR count). The first-order valence-corrected chi connectivity index (χ1v) is 6.70. The van der Waals surface area contributed by atoms with Gasteiger partial charge < -0.3 is 14.4 Å². The lowest BCUT2D eigenvalue weighted by Crippen LogP contribution is -2.24. The number of hydrogen-bond donors (Lipinski definition) is 0. The third kappa shape index (κ3) is 3.75. The number of hydrogen-bond acceptors (Lipinski definition) is 3. The van der Waals surface area contributed by atoms with E-state index in [1.165, 1.54) is 0 Å². The highest BCUT2D eigenvalue weighted by Gasteiger charge is 2.16. The Kier molecular flexibility index (Phi) is 5.02. The highest BCUT2D eigenvalue weighted by atomic mass is 16.5. The molecule has 0 aliphatic heterocycles. The Morgan fingerprint density at radius 1 is 0.900 bits per heavy atom. The van der Waals surface area contributed by atoms with Crippen LogP contribution in [0.2, 0.25) is 0 Å². The van der Waals surface area contributed by atoms with Crippen molar-refractivity contribution in [3.05, 3.63) is 60.2 Å². The van der Waals surface area contributed by atoms with Gasteiger partial charge in [0.2, 0.25) is 0 Å². The molecule has 3 nitrogen and oxygen atoms in total. The molecule has 2 aromatic rings. The summed E-state index contributed by atoms with van der Waals surface area (Å²) < 4.78 is 11.5. The van der Waals surface area contributed by atoms with Crippen LogP contribution in [0.3, 0.4) is 0 Å². The molecule has 0 radical (unpaired) electrons. The van der Waals surface area contributed by atoms with Crippen molar-refractivity contribution >= 4 is 0 Å². The van der Waals surface area contributed by atoms with Crippen LogP contribution in [-0.4, -0.2) is 32.6 Å². The number of ether oxygens (including phenoxy) is 2. The van der Waals surface area contributed by atoms with E-state index in [1.807, 2.05) is 56.6 Å². The normalized spacial score (nSPS) is 12.2. The van der Waals surface area contributed by atoms with E-state index in [-0.39, 0.29) is 6.10 Å². The van der Waals surface area contributed by atoms with Crippen LogP contribution in [0.4, 0.5) is 0 Å². The summed E-state index contributed by atoms with van der Waals surface area (Å²) >= 11 is 0. The maximum atomic E-state index is 6.17. The fraction of sp³-hybridized carbons (Fsp3) is 0.294. The van der Waals surface area contributed by atoms with Gasteiger partial charge in [-0.2, -0.15) is 0 Å². The van der Waals surface area contributed by atoms with Crippen LogP contribution >= 0.6 is 0 Å². The minimum atomic E-state index is -0.0255. The minimum absolute atomic E-state index is 0.0255. The summed E-state index contributed by atoms with van der Waals surface area (Å²) in [6.45, 7) is 0.808. The molecule has 0 unspecified atom stereocenters. The molecule has 0 saturated heterocycles. The van der Waals surface area contributed by atoms with E-state index in [4.69, 9.17) is 9.47 Å². The third-order valence-electron chi connectivity index (χ3n) is 3.04. The van der Waals surface area contributed by atoms with Gasteiger partial charge >= 0.3 is 0 Å². The number of benzene rings is 2. The van der Waals surface area contributed by atoms with Gasteiger partial charge in [0.15, 0.2) is 11.5 Å². The van der Waals surface area contributed by atoms with Crippen LogP contribution in [0.25, 0.3) is 0 Å². The highest BCUT2D eigenvalue weighted by Crippen LogP contribution is 2.30. The molecule has 0 bridgehead atoms. The molecule has 1 atom stereocenters. The fourth-order valence-electron chi connectivity index (χ4n) is 2.08. The van der Waals surface area contributed by atoms with Gasteiger partial charge in [0.05, 0.1) is 7.11 Å². The summed E-state index contributed by atoms with van der Waals surface area (Å²) in [5.41, 5.74) is 1.16. The molecule has 0 aromatic heterocycles. The zero-order valence-corrected chi connectivity index (χ0v) is 12.2. The zero-order chi connectivity index (χ0) is 14.4. The Balaban J connectivity index is 2.24. The summed E-state index contributed by atoms with van der Waals surface area (Å²) in [5, 5.41) is 0. The van der Waals surface area contributed by atoms with Gasteiger partial charge in [-0.3, -0.25) is 0 Å². The molecular formula is C17H21NO2. The predicted molar refractivity (Wildman–Crippen MR) is 81.4 cm³/mol. The summed E-state index contributed by atoms with van der Waals surface area (Å²) in [7, 11) is 5.74. The predicted octanol–water partition coefficient (Wildman–Crippen LogP) is 3.38. The maximum absolute atomic E-state index is 6.17. The summed E-state index contributed by atoms with van der Waals surface area (Å²) in [5.74, 6) is 1.53. The molecule has 0 heterocycles. The van der Waals surface area contributed by atoms with Gasteiger partial charge in [-0.05, 0) is 31.8 Å². The SMILES string of the molecule is COc1ccccc1O[C@H](CN(C)C)c1ccccc1. The molecule has 0 aliphatic rings. The molecule has 3 heteroatoms. The molecule has 2 aromatic carbocycles. The Bertz CT molecular complexity index is 526. The molecule has 106 valence electrons. The van der Waals surface area contributed by atoms with Gasteiger partial charge in [0.1, 0.15) is 6.10 Å². The molecule has 0 amide bonds. The standard InChI is InChI=1S/C17H21NO2/c1-18(2)13-17(14-9-5-4-6-10-14)20-16-12-8-7-11-15(16)19-3/h4-12,17H,13H2,1-3H3/t17-/m1/s1. The number of methoxy groups -OCH3 is 1. The first kappa shape index (κ1) is 14.4. The van der Waals surface area contributed by atoms with Crippen molar-refractivity contribution in [2.75, 3.05) is 27.7 Å². The van der Waals surface area contributed by atoms with Crippen molar-refractivity contribution in [3.63, 3.8) is 0 Å². The van der Waals surface area contributed by atoms with E-state index in [0.29, 0.717) is 0 Å². The van der Waals surface area contributed by atoms with Gasteiger partial charge in [0, 0.05) is 6.54 Å². The fourth-order valence-corrected chi connectivity index (χ4v) is 2.08. The summed E-state index contributed by atoms with van der Waals surface area (Å²) in [6, 6.07) is 18.0. The largest absolute Gasteiger partial charge is 0.493 e. The number of nitrogens with zero attached hydrogens (tertiary/aromatic N) is 1. The number of para-hydroxylation sites is 2. The van der Waals surface area contributed by atoms with Crippen molar-refractivity contribution < 1.29 is 9.47 Å². The lowest BCUT2D eigenvalue weighted by Gasteiger charge is -2.23. The van der Waals surface area contributed by atoms with Gasteiger partial charge in [-0.25, -0.2) is 0 Å². The van der Waals surface area contributed by atoms with Crippen LogP contribution < -0.4 is 9.47 Å². The maximum Gasteiger partial charge on any atom is 0.162 e. The second-order valence-corrected chi connectivity index (χ2v) is 4.93. The van der Waals surface area contributed by atoms with Crippen LogP contribution in [0.5, 0.6) is 11.5 Å². The Morgan fingerprint density at radius 2 is 1.50 bits per heavy atom. The Morgan fingerprint density at radius 3 is 2.10 bits per heavy atom. The quantitative estimate of drug-likeness (QED) is 0.804. The first-order chi connectivity index (χ1) is 9.70. The lowest BCUT2D eigenvalue weighted by molar-refractivity contribution is 0.157. The number of likely N-dealkylation sites (N-methyl/N-ethyl adjacent to an activating group) is 1. The zero-order valence-electron chi connectivity index (χ0n) is 12.2. The Labute approximate surface area is 120 Å². The third-order valence-corrected chi connectivity index (χ3v) is 3.04. The monoisotopic (exact) mass is 271 g/mol. The van der Waals surface area contributed by atoms with Gasteiger partial charge in [0.25, 0.3) is 0 Å². The second-order valence-electron chi connectivity index (χ2n) is 4.93. The molecule has 0 aliphatic carbocycles. The van der Waals surface area contributed by atoms with Gasteiger partial charge in [-0.1, -0.05) is 42.5 Å². The van der Waals surface area contributed by atoms with E-state index >= 15 is 0 Å². The molecule has 0 spiro atoms. The van der Waals surface area contributed by atoms with E-state index in [9.17, 15) is 0 Å². The van der Waals surface area contributed by atoms with Crippen LogP contribution in [0.1, 0.15) is 11.7 Å². The first-order valence-electron chi connectivity index (χ1n) is 6.70. The molecule has 20 heavy (non-hydrogen) atoms. The van der Waals surface area contributed by atoms with Crippen LogP contribution in [0, 0.1) is 0 Å². The average molecular weight is 271 g/mol. The molecule has 0 N–H and O–H groups in total. The van der Waals surface area contributed by atoms with Crippen molar-refractivity contribution in [1.29, 1.82) is 0 Å². The van der Waals surface area contributed by atoms with E-state index in [0.717, 1.165) is 23.6 Å². The van der Waals surface area contributed by atoms with E-state index in [1.54, 1.807) is 7.11 Å². The van der Waals surface area contributed by atoms with Crippen LogP contribution in [-0.2, 0) is 0 Å². The van der Waals surface area contributed by atoms with Crippen molar-refractivity contribution in [2.24, 2.45) is 0 Å². The van der Waals surface area contributed by atoms with Crippen LogP contribution in [0.15, 0.2) is 54.6 Å². The lowest BCUT2D eigenvalue weighted by atomic mass is 10.1. The van der Waals surface area contributed by atoms with E-state index in [2.05, 4.69) is 17.0 Å². The highest BCUT2D eigenvalue weighted by molar-refractivity contribution is 5.40. The van der Waals surface area contributed by atoms with Gasteiger partial charge in [-0.15, -0.1) is 0 Å². The molecule has 0 fully saturated rings. The average Bonchev–Trinajstić information content (AvgIpc) is 2.47. The number of rotatable bonds is 6. The second kappa shape index (κ2) is 6.96. The Hall–Kier alpha value is -2.00. The summed E-state index contributed by atoms with van der Waals surface area (Å²) in [6.07, 6.45) is -0.0255. The van der Waals surface area contributed by atoms with E-state index < -0.39 is 0 Å². The topological polar surface area (TPSA) is 21.7 Å². The van der Waals surface area contributed by atoms with Crippen molar-refractivity contribution in [1.82, 2.24) is 4.90 Å². The molecule has 0 saturated carbocycles. The van der Waals surface area contributed by atoms with Crippen molar-refractivity contribution in [3.8, 4) is 11.5 Å².